The Morgan fingerprint density at radius 3 is 2.48 bits per heavy atom. The number of amides is 1. The minimum atomic E-state index is -0.669. The molecule has 2 aromatic rings. The molecular formula is C16H12FNO3. The highest BCUT2D eigenvalue weighted by Gasteiger charge is 2.35. The average Bonchev–Trinajstić information content (AvgIpc) is 2.73. The summed E-state index contributed by atoms with van der Waals surface area (Å²) in [4.78, 5) is 25.3. The van der Waals surface area contributed by atoms with Crippen LogP contribution in [-0.4, -0.2) is 18.8 Å². The van der Waals surface area contributed by atoms with Crippen molar-refractivity contribution in [2.45, 2.75) is 6.54 Å². The van der Waals surface area contributed by atoms with Gasteiger partial charge >= 0.3 is 0 Å². The van der Waals surface area contributed by atoms with E-state index in [4.69, 9.17) is 4.74 Å². The van der Waals surface area contributed by atoms with Crippen LogP contribution >= 0.6 is 0 Å². The first kappa shape index (κ1) is 13.3. The molecule has 0 aromatic heterocycles. The van der Waals surface area contributed by atoms with Crippen molar-refractivity contribution < 1.29 is 18.7 Å². The number of anilines is 1. The van der Waals surface area contributed by atoms with Crippen LogP contribution < -0.4 is 9.64 Å². The third kappa shape index (κ3) is 2.27. The van der Waals surface area contributed by atoms with Crippen LogP contribution in [0.5, 0.6) is 5.75 Å². The van der Waals surface area contributed by atoms with Crippen molar-refractivity contribution in [3.05, 3.63) is 59.4 Å². The number of hydrogen-bond acceptors (Lipinski definition) is 3. The highest BCUT2D eigenvalue weighted by Crippen LogP contribution is 2.31. The zero-order chi connectivity index (χ0) is 15.0. The topological polar surface area (TPSA) is 46.6 Å². The maximum atomic E-state index is 13.2. The minimum absolute atomic E-state index is 0.119. The van der Waals surface area contributed by atoms with Crippen LogP contribution in [0.2, 0.25) is 0 Å². The van der Waals surface area contributed by atoms with Gasteiger partial charge in [0.05, 0.1) is 24.9 Å². The number of nitrogens with zero attached hydrogens (tertiary/aromatic N) is 1. The number of ketones is 1. The van der Waals surface area contributed by atoms with E-state index in [0.29, 0.717) is 11.4 Å². The molecule has 1 heterocycles. The van der Waals surface area contributed by atoms with Crippen molar-refractivity contribution in [1.82, 2.24) is 0 Å². The van der Waals surface area contributed by atoms with Gasteiger partial charge in [-0.05, 0) is 35.9 Å². The lowest BCUT2D eigenvalue weighted by molar-refractivity contribution is -0.114. The summed E-state index contributed by atoms with van der Waals surface area (Å²) in [6.07, 6.45) is 0. The van der Waals surface area contributed by atoms with Crippen LogP contribution in [0.25, 0.3) is 0 Å². The molecule has 0 spiro atoms. The van der Waals surface area contributed by atoms with Crippen LogP contribution in [0.1, 0.15) is 15.9 Å². The molecule has 0 unspecified atom stereocenters. The molecule has 0 fully saturated rings. The van der Waals surface area contributed by atoms with E-state index in [9.17, 15) is 14.0 Å². The van der Waals surface area contributed by atoms with Crippen molar-refractivity contribution in [1.29, 1.82) is 0 Å². The third-order valence-electron chi connectivity index (χ3n) is 3.43. The molecule has 3 rings (SSSR count). The van der Waals surface area contributed by atoms with E-state index < -0.39 is 17.5 Å². The Hall–Kier alpha value is -2.69. The Morgan fingerprint density at radius 1 is 1.10 bits per heavy atom. The van der Waals surface area contributed by atoms with Crippen molar-refractivity contribution in [2.24, 2.45) is 0 Å². The molecule has 0 aliphatic carbocycles. The standard InChI is InChI=1S/C16H12FNO3/c1-21-12-5-2-10(3-6-12)9-18-14-7-4-11(17)8-13(14)15(19)16(18)20/h2-8H,9H2,1H3. The molecule has 0 radical (unpaired) electrons. The van der Waals surface area contributed by atoms with Gasteiger partial charge < -0.3 is 9.64 Å². The summed E-state index contributed by atoms with van der Waals surface area (Å²) in [5, 5.41) is 0. The summed E-state index contributed by atoms with van der Waals surface area (Å²) in [6, 6.07) is 11.0. The number of ether oxygens (including phenoxy) is 1. The molecule has 1 aliphatic rings. The summed E-state index contributed by atoms with van der Waals surface area (Å²) in [6.45, 7) is 0.257. The van der Waals surface area contributed by atoms with Gasteiger partial charge in [-0.25, -0.2) is 4.39 Å². The fourth-order valence-corrected chi connectivity index (χ4v) is 2.34. The van der Waals surface area contributed by atoms with Crippen molar-refractivity contribution >= 4 is 17.4 Å². The van der Waals surface area contributed by atoms with Crippen LogP contribution in [0.3, 0.4) is 0 Å². The number of carbonyl (C=O) groups is 2. The zero-order valence-electron chi connectivity index (χ0n) is 11.3. The molecular weight excluding hydrogens is 273 g/mol. The van der Waals surface area contributed by atoms with Gasteiger partial charge in [-0.2, -0.15) is 0 Å². The lowest BCUT2D eigenvalue weighted by Gasteiger charge is -2.16. The number of hydrogen-bond donors (Lipinski definition) is 0. The Morgan fingerprint density at radius 2 is 1.81 bits per heavy atom. The van der Waals surface area contributed by atoms with E-state index in [1.165, 1.54) is 17.0 Å². The Balaban J connectivity index is 1.92. The number of methoxy groups -OCH3 is 1. The van der Waals surface area contributed by atoms with E-state index in [-0.39, 0.29) is 12.1 Å². The smallest absolute Gasteiger partial charge is 0.299 e. The normalized spacial score (nSPS) is 13.5. The zero-order valence-corrected chi connectivity index (χ0v) is 11.3. The summed E-state index contributed by atoms with van der Waals surface area (Å²) in [7, 11) is 1.57. The second-order valence-corrected chi connectivity index (χ2v) is 4.73. The number of rotatable bonds is 3. The molecule has 1 aliphatic heterocycles. The number of fused-ring (bicyclic) bond motifs is 1. The fraction of sp³-hybridized carbons (Fsp3) is 0.125. The first-order valence-corrected chi connectivity index (χ1v) is 6.39. The molecule has 0 saturated carbocycles. The molecule has 21 heavy (non-hydrogen) atoms. The summed E-state index contributed by atoms with van der Waals surface area (Å²) in [5.41, 5.74) is 1.42. The second kappa shape index (κ2) is 5.01. The Kier molecular flexibility index (Phi) is 3.17. The molecule has 5 heteroatoms. The van der Waals surface area contributed by atoms with Gasteiger partial charge in [-0.1, -0.05) is 12.1 Å². The Labute approximate surface area is 120 Å². The first-order chi connectivity index (χ1) is 10.1. The SMILES string of the molecule is COc1ccc(CN2C(=O)C(=O)c3cc(F)ccc32)cc1. The lowest BCUT2D eigenvalue weighted by Crippen LogP contribution is -2.29. The minimum Gasteiger partial charge on any atom is -0.497 e. The van der Waals surface area contributed by atoms with Crippen LogP contribution in [0.4, 0.5) is 10.1 Å². The fourth-order valence-electron chi connectivity index (χ4n) is 2.34. The number of carbonyl (C=O) groups excluding carboxylic acids is 2. The summed E-state index contributed by atoms with van der Waals surface area (Å²) < 4.78 is 18.3. The largest absolute Gasteiger partial charge is 0.497 e. The average molecular weight is 285 g/mol. The molecule has 2 aromatic carbocycles. The van der Waals surface area contributed by atoms with Crippen LogP contribution in [-0.2, 0) is 11.3 Å². The summed E-state index contributed by atoms with van der Waals surface area (Å²) in [5.74, 6) is -1.12. The summed E-state index contributed by atoms with van der Waals surface area (Å²) >= 11 is 0. The van der Waals surface area contributed by atoms with Crippen LogP contribution in [0.15, 0.2) is 42.5 Å². The highest BCUT2D eigenvalue weighted by molar-refractivity contribution is 6.52. The molecule has 1 amide bonds. The monoisotopic (exact) mass is 285 g/mol. The molecule has 4 nitrogen and oxygen atoms in total. The van der Waals surface area contributed by atoms with E-state index in [1.54, 1.807) is 19.2 Å². The third-order valence-corrected chi connectivity index (χ3v) is 3.43. The molecule has 106 valence electrons. The predicted octanol–water partition coefficient (Wildman–Crippen LogP) is 2.56. The lowest BCUT2D eigenvalue weighted by atomic mass is 10.1. The molecule has 0 bridgehead atoms. The quantitative estimate of drug-likeness (QED) is 0.814. The second-order valence-electron chi connectivity index (χ2n) is 4.73. The van der Waals surface area contributed by atoms with E-state index in [2.05, 4.69) is 0 Å². The van der Waals surface area contributed by atoms with Gasteiger partial charge in [0.25, 0.3) is 11.7 Å². The van der Waals surface area contributed by atoms with Gasteiger partial charge in [0.15, 0.2) is 0 Å². The van der Waals surface area contributed by atoms with Gasteiger partial charge in [0.1, 0.15) is 11.6 Å². The maximum Gasteiger partial charge on any atom is 0.299 e. The van der Waals surface area contributed by atoms with E-state index >= 15 is 0 Å². The van der Waals surface area contributed by atoms with Crippen molar-refractivity contribution in [2.75, 3.05) is 12.0 Å². The maximum absolute atomic E-state index is 13.2. The Bertz CT molecular complexity index is 725. The van der Waals surface area contributed by atoms with E-state index in [1.807, 2.05) is 12.1 Å². The number of Topliss-reactive ketones (excluding diaryl/α,β-unsaturated/α-hetero) is 1. The van der Waals surface area contributed by atoms with E-state index in [0.717, 1.165) is 11.6 Å². The van der Waals surface area contributed by atoms with Gasteiger partial charge in [-0.15, -0.1) is 0 Å². The molecule has 0 N–H and O–H groups in total. The predicted molar refractivity (Wildman–Crippen MR) is 74.9 cm³/mol. The van der Waals surface area contributed by atoms with Crippen LogP contribution in [0, 0.1) is 5.82 Å². The highest BCUT2D eigenvalue weighted by atomic mass is 19.1. The molecule has 0 saturated heterocycles. The van der Waals surface area contributed by atoms with Crippen molar-refractivity contribution in [3.8, 4) is 5.75 Å². The van der Waals surface area contributed by atoms with Gasteiger partial charge in [0, 0.05) is 0 Å². The van der Waals surface area contributed by atoms with Gasteiger partial charge in [-0.3, -0.25) is 9.59 Å². The molecule has 0 atom stereocenters. The van der Waals surface area contributed by atoms with Gasteiger partial charge in [0.2, 0.25) is 0 Å². The number of halogens is 1. The first-order valence-electron chi connectivity index (χ1n) is 6.39. The van der Waals surface area contributed by atoms with Crippen molar-refractivity contribution in [3.63, 3.8) is 0 Å². The number of benzene rings is 2.